The van der Waals surface area contributed by atoms with Crippen LogP contribution in [0.3, 0.4) is 0 Å². The number of fused-ring (bicyclic) bond motifs is 1. The van der Waals surface area contributed by atoms with Gasteiger partial charge in [0.05, 0.1) is 18.8 Å². The molecule has 1 aromatic heterocycles. The van der Waals surface area contributed by atoms with E-state index in [1.807, 2.05) is 29.6 Å². The van der Waals surface area contributed by atoms with Crippen LogP contribution in [0.5, 0.6) is 5.75 Å². The van der Waals surface area contributed by atoms with Gasteiger partial charge in [-0.05, 0) is 54.0 Å². The molecule has 0 spiro atoms. The summed E-state index contributed by atoms with van der Waals surface area (Å²) >= 11 is 1.65. The first kappa shape index (κ1) is 14.7. The molecule has 0 unspecified atom stereocenters. The largest absolute Gasteiger partial charge is 0.493 e. The van der Waals surface area contributed by atoms with Gasteiger partial charge in [0.25, 0.3) is 5.91 Å². The van der Waals surface area contributed by atoms with Crippen LogP contribution < -0.4 is 10.1 Å². The summed E-state index contributed by atoms with van der Waals surface area (Å²) in [6.07, 6.45) is 2.14. The third-order valence-electron chi connectivity index (χ3n) is 4.71. The van der Waals surface area contributed by atoms with Crippen LogP contribution in [0.1, 0.15) is 39.7 Å². The number of nitrogens with one attached hydrogen (secondary N) is 1. The average Bonchev–Trinajstić information content (AvgIpc) is 3.19. The van der Waals surface area contributed by atoms with E-state index in [0.29, 0.717) is 18.1 Å². The number of hydrogen-bond donors (Lipinski definition) is 2. The molecule has 2 aliphatic rings. The second-order valence-corrected chi connectivity index (χ2v) is 7.25. The molecular weight excluding hydrogens is 310 g/mol. The van der Waals surface area contributed by atoms with Gasteiger partial charge >= 0.3 is 0 Å². The molecule has 2 heterocycles. The van der Waals surface area contributed by atoms with Gasteiger partial charge in [-0.3, -0.25) is 4.79 Å². The van der Waals surface area contributed by atoms with E-state index in [-0.39, 0.29) is 18.1 Å². The number of hydrogen-bond acceptors (Lipinski definition) is 4. The Labute approximate surface area is 139 Å². The van der Waals surface area contributed by atoms with Crippen LogP contribution in [0.15, 0.2) is 35.7 Å². The van der Waals surface area contributed by atoms with Crippen molar-refractivity contribution in [2.45, 2.75) is 31.4 Å². The average molecular weight is 329 g/mol. The molecule has 2 aromatic rings. The predicted octanol–water partition coefficient (Wildman–Crippen LogP) is 2.93. The first-order valence-corrected chi connectivity index (χ1v) is 8.87. The lowest BCUT2D eigenvalue weighted by molar-refractivity contribution is 0.0241. The molecule has 1 fully saturated rings. The molecule has 1 aliphatic heterocycles. The lowest BCUT2D eigenvalue weighted by atomic mass is 9.76. The molecule has 2 N–H and O–H groups in total. The summed E-state index contributed by atoms with van der Waals surface area (Å²) in [5, 5.41) is 14.8. The first-order chi connectivity index (χ1) is 11.2. The molecule has 1 atom stereocenters. The predicted molar refractivity (Wildman–Crippen MR) is 88.9 cm³/mol. The molecular formula is C18H19NO3S. The summed E-state index contributed by atoms with van der Waals surface area (Å²) < 4.78 is 5.49. The number of benzene rings is 1. The number of carbonyl (C=O) groups is 1. The SMILES string of the molecule is O=C(N[C@H](c1cccs1)C1CC(O)C1)c1ccc2c(c1)CCO2. The van der Waals surface area contributed by atoms with Gasteiger partial charge in [-0.25, -0.2) is 0 Å². The van der Waals surface area contributed by atoms with Crippen molar-refractivity contribution < 1.29 is 14.6 Å². The van der Waals surface area contributed by atoms with E-state index >= 15 is 0 Å². The van der Waals surface area contributed by atoms with Crippen LogP contribution in [0.4, 0.5) is 0 Å². The molecule has 1 aromatic carbocycles. The molecule has 0 saturated heterocycles. The van der Waals surface area contributed by atoms with E-state index in [9.17, 15) is 9.90 Å². The van der Waals surface area contributed by atoms with E-state index in [4.69, 9.17) is 4.74 Å². The van der Waals surface area contributed by atoms with Crippen molar-refractivity contribution in [1.29, 1.82) is 0 Å². The number of aliphatic hydroxyl groups excluding tert-OH is 1. The quantitative estimate of drug-likeness (QED) is 0.907. The maximum Gasteiger partial charge on any atom is 0.251 e. The van der Waals surface area contributed by atoms with Gasteiger partial charge in [0.2, 0.25) is 0 Å². The van der Waals surface area contributed by atoms with Crippen LogP contribution in [-0.4, -0.2) is 23.7 Å². The summed E-state index contributed by atoms with van der Waals surface area (Å²) in [6, 6.07) is 9.66. The molecule has 0 bridgehead atoms. The Hall–Kier alpha value is -1.85. The van der Waals surface area contributed by atoms with Crippen LogP contribution in [0.2, 0.25) is 0 Å². The smallest absolute Gasteiger partial charge is 0.251 e. The summed E-state index contributed by atoms with van der Waals surface area (Å²) in [7, 11) is 0. The minimum atomic E-state index is -0.225. The highest BCUT2D eigenvalue weighted by Crippen LogP contribution is 2.39. The third-order valence-corrected chi connectivity index (χ3v) is 5.66. The van der Waals surface area contributed by atoms with E-state index in [0.717, 1.165) is 35.5 Å². The Morgan fingerprint density at radius 1 is 1.35 bits per heavy atom. The fourth-order valence-electron chi connectivity index (χ4n) is 3.34. The van der Waals surface area contributed by atoms with Crippen molar-refractivity contribution >= 4 is 17.2 Å². The Morgan fingerprint density at radius 2 is 2.22 bits per heavy atom. The van der Waals surface area contributed by atoms with Gasteiger partial charge in [-0.2, -0.15) is 0 Å². The molecule has 4 nitrogen and oxygen atoms in total. The zero-order chi connectivity index (χ0) is 15.8. The van der Waals surface area contributed by atoms with Gasteiger partial charge in [0.1, 0.15) is 5.75 Å². The van der Waals surface area contributed by atoms with Gasteiger partial charge in [-0.1, -0.05) is 6.07 Å². The highest BCUT2D eigenvalue weighted by atomic mass is 32.1. The Kier molecular flexibility index (Phi) is 3.83. The van der Waals surface area contributed by atoms with E-state index in [1.54, 1.807) is 11.3 Å². The summed E-state index contributed by atoms with van der Waals surface area (Å²) in [6.45, 7) is 0.693. The van der Waals surface area contributed by atoms with E-state index < -0.39 is 0 Å². The minimum Gasteiger partial charge on any atom is -0.493 e. The van der Waals surface area contributed by atoms with Crippen molar-refractivity contribution in [2.75, 3.05) is 6.61 Å². The fraction of sp³-hybridized carbons (Fsp3) is 0.389. The van der Waals surface area contributed by atoms with E-state index in [1.165, 1.54) is 0 Å². The van der Waals surface area contributed by atoms with Crippen molar-refractivity contribution in [3.8, 4) is 5.75 Å². The highest BCUT2D eigenvalue weighted by molar-refractivity contribution is 7.10. The van der Waals surface area contributed by atoms with E-state index in [2.05, 4.69) is 11.4 Å². The minimum absolute atomic E-state index is 0.0181. The molecule has 5 heteroatoms. The van der Waals surface area contributed by atoms with Gasteiger partial charge in [0, 0.05) is 16.9 Å². The summed E-state index contributed by atoms with van der Waals surface area (Å²) in [5.41, 5.74) is 1.78. The molecule has 1 saturated carbocycles. The topological polar surface area (TPSA) is 58.6 Å². The number of amides is 1. The number of thiophene rings is 1. The normalized spacial score (nSPS) is 23.5. The molecule has 1 aliphatic carbocycles. The number of ether oxygens (including phenoxy) is 1. The Bertz CT molecular complexity index is 707. The molecule has 4 rings (SSSR count). The molecule has 23 heavy (non-hydrogen) atoms. The number of carbonyl (C=O) groups excluding carboxylic acids is 1. The third kappa shape index (κ3) is 2.86. The maximum atomic E-state index is 12.7. The Balaban J connectivity index is 1.53. The van der Waals surface area contributed by atoms with Crippen LogP contribution >= 0.6 is 11.3 Å². The molecule has 120 valence electrons. The monoisotopic (exact) mass is 329 g/mol. The fourth-order valence-corrected chi connectivity index (χ4v) is 4.21. The second kappa shape index (κ2) is 5.98. The lowest BCUT2D eigenvalue weighted by Crippen LogP contribution is -2.41. The number of aliphatic hydroxyl groups is 1. The standard InChI is InChI=1S/C18H19NO3S/c20-14-9-13(10-14)17(16-2-1-7-23-16)19-18(21)12-3-4-15-11(8-12)5-6-22-15/h1-4,7-8,13-14,17,20H,5-6,9-10H2,(H,19,21)/t13?,14?,17-/m0/s1. The lowest BCUT2D eigenvalue weighted by Gasteiger charge is -2.37. The second-order valence-electron chi connectivity index (χ2n) is 6.27. The van der Waals surface area contributed by atoms with Gasteiger partial charge in [0.15, 0.2) is 0 Å². The van der Waals surface area contributed by atoms with Crippen molar-refractivity contribution in [3.63, 3.8) is 0 Å². The zero-order valence-corrected chi connectivity index (χ0v) is 13.5. The molecule has 0 radical (unpaired) electrons. The summed E-state index contributed by atoms with van der Waals surface area (Å²) in [5.74, 6) is 1.14. The van der Waals surface area contributed by atoms with Crippen molar-refractivity contribution in [2.24, 2.45) is 5.92 Å². The van der Waals surface area contributed by atoms with Crippen molar-refractivity contribution in [1.82, 2.24) is 5.32 Å². The van der Waals surface area contributed by atoms with Crippen LogP contribution in [-0.2, 0) is 6.42 Å². The Morgan fingerprint density at radius 3 is 2.96 bits per heavy atom. The first-order valence-electron chi connectivity index (χ1n) is 7.99. The zero-order valence-electron chi connectivity index (χ0n) is 12.7. The van der Waals surface area contributed by atoms with Crippen LogP contribution in [0, 0.1) is 5.92 Å². The van der Waals surface area contributed by atoms with Gasteiger partial charge in [-0.15, -0.1) is 11.3 Å². The summed E-state index contributed by atoms with van der Waals surface area (Å²) in [4.78, 5) is 13.8. The van der Waals surface area contributed by atoms with Crippen LogP contribution in [0.25, 0.3) is 0 Å². The maximum absolute atomic E-state index is 12.7. The highest BCUT2D eigenvalue weighted by Gasteiger charge is 2.36. The molecule has 1 amide bonds. The number of rotatable bonds is 4. The van der Waals surface area contributed by atoms with Gasteiger partial charge < -0.3 is 15.2 Å². The van der Waals surface area contributed by atoms with Crippen molar-refractivity contribution in [3.05, 3.63) is 51.7 Å².